The van der Waals surface area contributed by atoms with Crippen LogP contribution in [-0.4, -0.2) is 17.3 Å². The van der Waals surface area contributed by atoms with Crippen LogP contribution >= 0.6 is 0 Å². The first-order chi connectivity index (χ1) is 6.82. The standard InChI is InChI=1S/C9H8F3NO2/c10-9(11,12)7(13)5-1-3-6(4-2-5)8(14)15/h1-4,7H,13H2,(H,14,15)/t7-/m1/s1. The Morgan fingerprint density at radius 2 is 1.73 bits per heavy atom. The molecule has 0 unspecified atom stereocenters. The molecular weight excluding hydrogens is 211 g/mol. The van der Waals surface area contributed by atoms with Gasteiger partial charge in [-0.15, -0.1) is 0 Å². The highest BCUT2D eigenvalue weighted by Crippen LogP contribution is 2.30. The van der Waals surface area contributed by atoms with Crippen molar-refractivity contribution in [3.8, 4) is 0 Å². The van der Waals surface area contributed by atoms with Crippen molar-refractivity contribution in [2.75, 3.05) is 0 Å². The molecule has 1 aromatic rings. The number of hydrogen-bond acceptors (Lipinski definition) is 2. The van der Waals surface area contributed by atoms with E-state index >= 15 is 0 Å². The van der Waals surface area contributed by atoms with Gasteiger partial charge in [0.2, 0.25) is 0 Å². The van der Waals surface area contributed by atoms with Crippen LogP contribution in [0.2, 0.25) is 0 Å². The van der Waals surface area contributed by atoms with Gasteiger partial charge < -0.3 is 10.8 Å². The van der Waals surface area contributed by atoms with Crippen molar-refractivity contribution in [1.29, 1.82) is 0 Å². The molecule has 0 radical (unpaired) electrons. The highest BCUT2D eigenvalue weighted by Gasteiger charge is 2.37. The largest absolute Gasteiger partial charge is 0.478 e. The van der Waals surface area contributed by atoms with Gasteiger partial charge in [-0.05, 0) is 17.7 Å². The molecule has 0 aliphatic heterocycles. The molecule has 1 aromatic carbocycles. The van der Waals surface area contributed by atoms with Gasteiger partial charge in [0.15, 0.2) is 0 Å². The van der Waals surface area contributed by atoms with E-state index in [-0.39, 0.29) is 11.1 Å². The smallest absolute Gasteiger partial charge is 0.407 e. The Labute approximate surface area is 83.3 Å². The van der Waals surface area contributed by atoms with E-state index < -0.39 is 18.2 Å². The number of halogens is 3. The van der Waals surface area contributed by atoms with E-state index in [2.05, 4.69) is 0 Å². The summed E-state index contributed by atoms with van der Waals surface area (Å²) in [4.78, 5) is 10.4. The predicted octanol–water partition coefficient (Wildman–Crippen LogP) is 1.95. The topological polar surface area (TPSA) is 63.3 Å². The second kappa shape index (κ2) is 3.90. The van der Waals surface area contributed by atoms with Crippen LogP contribution < -0.4 is 5.73 Å². The normalized spacial score (nSPS) is 13.6. The highest BCUT2D eigenvalue weighted by molar-refractivity contribution is 5.87. The molecule has 3 nitrogen and oxygen atoms in total. The summed E-state index contributed by atoms with van der Waals surface area (Å²) in [7, 11) is 0. The molecule has 1 atom stereocenters. The molecule has 0 saturated heterocycles. The number of benzene rings is 1. The van der Waals surface area contributed by atoms with Crippen LogP contribution in [0.25, 0.3) is 0 Å². The molecule has 0 aromatic heterocycles. The van der Waals surface area contributed by atoms with E-state index in [1.54, 1.807) is 0 Å². The van der Waals surface area contributed by atoms with Crippen molar-refractivity contribution in [1.82, 2.24) is 0 Å². The maximum atomic E-state index is 12.2. The molecule has 0 saturated carbocycles. The fourth-order valence-electron chi connectivity index (χ4n) is 1.02. The Hall–Kier alpha value is -1.56. The summed E-state index contributed by atoms with van der Waals surface area (Å²) in [5, 5.41) is 8.52. The molecule has 0 spiro atoms. The molecule has 1 rings (SSSR count). The summed E-state index contributed by atoms with van der Waals surface area (Å²) in [6.07, 6.45) is -4.52. The Kier molecular flexibility index (Phi) is 2.99. The van der Waals surface area contributed by atoms with E-state index in [4.69, 9.17) is 10.8 Å². The first-order valence-corrected chi connectivity index (χ1v) is 3.98. The van der Waals surface area contributed by atoms with E-state index in [9.17, 15) is 18.0 Å². The Morgan fingerprint density at radius 1 is 1.27 bits per heavy atom. The van der Waals surface area contributed by atoms with E-state index in [1.807, 2.05) is 0 Å². The van der Waals surface area contributed by atoms with Crippen molar-refractivity contribution >= 4 is 5.97 Å². The average Bonchev–Trinajstić information content (AvgIpc) is 2.15. The molecule has 0 amide bonds. The van der Waals surface area contributed by atoms with Crippen molar-refractivity contribution in [2.45, 2.75) is 12.2 Å². The molecule has 6 heteroatoms. The van der Waals surface area contributed by atoms with Crippen LogP contribution in [0.3, 0.4) is 0 Å². The quantitative estimate of drug-likeness (QED) is 0.798. The van der Waals surface area contributed by atoms with Gasteiger partial charge in [0, 0.05) is 0 Å². The Bertz CT molecular complexity index is 359. The third-order valence-corrected chi connectivity index (χ3v) is 1.87. The first kappa shape index (κ1) is 11.5. The monoisotopic (exact) mass is 219 g/mol. The summed E-state index contributed by atoms with van der Waals surface area (Å²) in [5.74, 6) is -1.19. The maximum absolute atomic E-state index is 12.2. The van der Waals surface area contributed by atoms with Crippen LogP contribution in [-0.2, 0) is 0 Å². The summed E-state index contributed by atoms with van der Waals surface area (Å²) in [6, 6.07) is 2.20. The third-order valence-electron chi connectivity index (χ3n) is 1.87. The minimum atomic E-state index is -4.52. The van der Waals surface area contributed by atoms with Crippen molar-refractivity contribution in [2.24, 2.45) is 5.73 Å². The van der Waals surface area contributed by atoms with Gasteiger partial charge in [-0.2, -0.15) is 13.2 Å². The number of aromatic carboxylic acids is 1. The van der Waals surface area contributed by atoms with Gasteiger partial charge in [-0.1, -0.05) is 12.1 Å². The lowest BCUT2D eigenvalue weighted by Gasteiger charge is -2.15. The molecule has 0 bridgehead atoms. The summed E-state index contributed by atoms with van der Waals surface area (Å²) in [6.45, 7) is 0. The number of carbonyl (C=O) groups is 1. The zero-order chi connectivity index (χ0) is 11.6. The van der Waals surface area contributed by atoms with Crippen LogP contribution in [0.5, 0.6) is 0 Å². The first-order valence-electron chi connectivity index (χ1n) is 3.98. The highest BCUT2D eigenvalue weighted by atomic mass is 19.4. The number of carboxylic acid groups (broad SMARTS) is 1. The number of alkyl halides is 3. The summed E-state index contributed by atoms with van der Waals surface area (Å²) in [5.41, 5.74) is 4.69. The van der Waals surface area contributed by atoms with E-state index in [1.165, 1.54) is 0 Å². The SMILES string of the molecule is N[C@H](c1ccc(C(=O)O)cc1)C(F)(F)F. The number of rotatable bonds is 2. The molecule has 0 aliphatic rings. The van der Waals surface area contributed by atoms with Gasteiger partial charge in [-0.25, -0.2) is 4.79 Å². The number of nitrogens with two attached hydrogens (primary N) is 1. The van der Waals surface area contributed by atoms with E-state index in [0.29, 0.717) is 0 Å². The molecular formula is C9H8F3NO2. The summed E-state index contributed by atoms with van der Waals surface area (Å²) >= 11 is 0. The molecule has 82 valence electrons. The maximum Gasteiger partial charge on any atom is 0.407 e. The predicted molar refractivity (Wildman–Crippen MR) is 46.4 cm³/mol. The molecule has 0 heterocycles. The molecule has 0 fully saturated rings. The van der Waals surface area contributed by atoms with Gasteiger partial charge in [0.05, 0.1) is 5.56 Å². The lowest BCUT2D eigenvalue weighted by atomic mass is 10.1. The second-order valence-electron chi connectivity index (χ2n) is 2.95. The van der Waals surface area contributed by atoms with E-state index in [0.717, 1.165) is 24.3 Å². The van der Waals surface area contributed by atoms with Crippen LogP contribution in [0.1, 0.15) is 22.0 Å². The average molecular weight is 219 g/mol. The lowest BCUT2D eigenvalue weighted by Crippen LogP contribution is -2.28. The Balaban J connectivity index is 2.94. The van der Waals surface area contributed by atoms with Gasteiger partial charge in [0.1, 0.15) is 6.04 Å². The Morgan fingerprint density at radius 3 is 2.07 bits per heavy atom. The fourth-order valence-corrected chi connectivity index (χ4v) is 1.02. The molecule has 3 N–H and O–H groups in total. The second-order valence-corrected chi connectivity index (χ2v) is 2.95. The molecule has 15 heavy (non-hydrogen) atoms. The number of hydrogen-bond donors (Lipinski definition) is 2. The van der Waals surface area contributed by atoms with Crippen LogP contribution in [0, 0.1) is 0 Å². The minimum Gasteiger partial charge on any atom is -0.478 e. The zero-order valence-corrected chi connectivity index (χ0v) is 7.45. The van der Waals surface area contributed by atoms with Gasteiger partial charge in [-0.3, -0.25) is 0 Å². The third kappa shape index (κ3) is 2.69. The minimum absolute atomic E-state index is 0.0758. The van der Waals surface area contributed by atoms with Gasteiger partial charge >= 0.3 is 12.1 Å². The van der Waals surface area contributed by atoms with Crippen LogP contribution in [0.15, 0.2) is 24.3 Å². The van der Waals surface area contributed by atoms with Crippen LogP contribution in [0.4, 0.5) is 13.2 Å². The number of carboxylic acids is 1. The fraction of sp³-hybridized carbons (Fsp3) is 0.222. The molecule has 0 aliphatic carbocycles. The van der Waals surface area contributed by atoms with Crippen molar-refractivity contribution in [3.63, 3.8) is 0 Å². The van der Waals surface area contributed by atoms with Crippen molar-refractivity contribution in [3.05, 3.63) is 35.4 Å². The van der Waals surface area contributed by atoms with Gasteiger partial charge in [0.25, 0.3) is 0 Å². The van der Waals surface area contributed by atoms with Crippen molar-refractivity contribution < 1.29 is 23.1 Å². The zero-order valence-electron chi connectivity index (χ0n) is 7.45. The lowest BCUT2D eigenvalue weighted by molar-refractivity contribution is -0.149. The summed E-state index contributed by atoms with van der Waals surface area (Å²) < 4.78 is 36.5.